The minimum atomic E-state index is -0.324. The van der Waals surface area contributed by atoms with Crippen LogP contribution in [0.1, 0.15) is 11.1 Å². The maximum Gasteiger partial charge on any atom is 0.223 e. The highest BCUT2D eigenvalue weighted by atomic mass is 19.1. The molecule has 5 aromatic rings. The fraction of sp³-hybridized carbons (Fsp3) is 0.148. The van der Waals surface area contributed by atoms with Gasteiger partial charge in [-0.05, 0) is 65.7 Å². The topological polar surface area (TPSA) is 93.8 Å². The Morgan fingerprint density at radius 1 is 0.917 bits per heavy atom. The maximum absolute atomic E-state index is 13.6. The van der Waals surface area contributed by atoms with Crippen molar-refractivity contribution in [2.24, 2.45) is 0 Å². The summed E-state index contributed by atoms with van der Waals surface area (Å²) in [5, 5.41) is 12.8. The summed E-state index contributed by atoms with van der Waals surface area (Å²) in [5.74, 6) is 1.41. The maximum atomic E-state index is 13.6. The molecule has 0 bridgehead atoms. The van der Waals surface area contributed by atoms with E-state index in [1.54, 1.807) is 38.6 Å². The Balaban J connectivity index is 1.52. The first-order valence-electron chi connectivity index (χ1n) is 11.3. The lowest BCUT2D eigenvalue weighted by Crippen LogP contribution is -2.05. The number of hydrogen-bond donors (Lipinski definition) is 2. The van der Waals surface area contributed by atoms with Gasteiger partial charge in [0.25, 0.3) is 0 Å². The Hall–Kier alpha value is -4.50. The quantitative estimate of drug-likeness (QED) is 0.329. The Kier molecular flexibility index (Phi) is 6.46. The number of methoxy groups -OCH3 is 2. The summed E-state index contributed by atoms with van der Waals surface area (Å²) in [6, 6.07) is 17.3. The molecule has 0 aliphatic carbocycles. The first-order valence-corrected chi connectivity index (χ1v) is 11.3. The zero-order valence-electron chi connectivity index (χ0n) is 19.8. The number of aromatic nitrogens is 4. The third-order valence-electron chi connectivity index (χ3n) is 5.79. The number of fused-ring (bicyclic) bond motifs is 1. The number of hydrogen-bond acceptors (Lipinski definition) is 7. The molecule has 0 aliphatic heterocycles. The number of aliphatic hydroxyl groups is 1. The SMILES string of the molecule is COc1ccc(CNc2nccc(-c3c(-c4ccc(F)cc4)nc4cc(CO)ccn34)n2)cc1OC. The van der Waals surface area contributed by atoms with Crippen LogP contribution >= 0.6 is 0 Å². The van der Waals surface area contributed by atoms with Crippen LogP contribution < -0.4 is 14.8 Å². The second kappa shape index (κ2) is 10.0. The Bertz CT molecular complexity index is 1520. The number of nitrogens with zero attached hydrogens (tertiary/aromatic N) is 4. The molecule has 0 aliphatic rings. The molecule has 3 heterocycles. The minimum Gasteiger partial charge on any atom is -0.493 e. The summed E-state index contributed by atoms with van der Waals surface area (Å²) in [6.07, 6.45) is 3.52. The summed E-state index contributed by atoms with van der Waals surface area (Å²) < 4.78 is 26.2. The van der Waals surface area contributed by atoms with Gasteiger partial charge >= 0.3 is 0 Å². The number of ether oxygens (including phenoxy) is 2. The van der Waals surface area contributed by atoms with Gasteiger partial charge < -0.3 is 19.9 Å². The molecule has 0 atom stereocenters. The van der Waals surface area contributed by atoms with Crippen molar-refractivity contribution in [2.45, 2.75) is 13.2 Å². The van der Waals surface area contributed by atoms with E-state index in [0.717, 1.165) is 22.4 Å². The van der Waals surface area contributed by atoms with Gasteiger partial charge in [0.15, 0.2) is 11.5 Å². The fourth-order valence-electron chi connectivity index (χ4n) is 3.99. The average Bonchev–Trinajstić information content (AvgIpc) is 3.31. The molecule has 182 valence electrons. The number of halogens is 1. The van der Waals surface area contributed by atoms with Crippen LogP contribution in [0.3, 0.4) is 0 Å². The molecule has 8 nitrogen and oxygen atoms in total. The van der Waals surface area contributed by atoms with Crippen molar-refractivity contribution in [2.75, 3.05) is 19.5 Å². The number of pyridine rings is 1. The predicted octanol–water partition coefficient (Wildman–Crippen LogP) is 4.72. The summed E-state index contributed by atoms with van der Waals surface area (Å²) in [5.41, 5.74) is 5.13. The van der Waals surface area contributed by atoms with Gasteiger partial charge in [-0.3, -0.25) is 4.40 Å². The van der Waals surface area contributed by atoms with Crippen LogP contribution in [0.5, 0.6) is 11.5 Å². The van der Waals surface area contributed by atoms with E-state index in [2.05, 4.69) is 10.3 Å². The van der Waals surface area contributed by atoms with Crippen molar-refractivity contribution >= 4 is 11.6 Å². The van der Waals surface area contributed by atoms with E-state index in [1.165, 1.54) is 12.1 Å². The third kappa shape index (κ3) is 4.56. The predicted molar refractivity (Wildman–Crippen MR) is 134 cm³/mol. The molecular weight excluding hydrogens is 461 g/mol. The van der Waals surface area contributed by atoms with Crippen molar-refractivity contribution < 1.29 is 19.0 Å². The number of benzene rings is 2. The van der Waals surface area contributed by atoms with E-state index in [4.69, 9.17) is 19.4 Å². The van der Waals surface area contributed by atoms with Gasteiger partial charge in [-0.25, -0.2) is 19.3 Å². The minimum absolute atomic E-state index is 0.0949. The molecule has 0 amide bonds. The van der Waals surface area contributed by atoms with Gasteiger partial charge in [0.1, 0.15) is 11.5 Å². The summed E-state index contributed by atoms with van der Waals surface area (Å²) in [6.45, 7) is 0.379. The highest BCUT2D eigenvalue weighted by Gasteiger charge is 2.18. The van der Waals surface area contributed by atoms with Crippen molar-refractivity contribution in [3.8, 4) is 34.1 Å². The molecule has 2 aromatic carbocycles. The highest BCUT2D eigenvalue weighted by molar-refractivity contribution is 5.80. The molecule has 9 heteroatoms. The molecular formula is C27H24FN5O3. The van der Waals surface area contributed by atoms with Gasteiger partial charge in [-0.2, -0.15) is 0 Å². The first-order chi connectivity index (χ1) is 17.6. The van der Waals surface area contributed by atoms with E-state index in [-0.39, 0.29) is 12.4 Å². The Morgan fingerprint density at radius 3 is 2.47 bits per heavy atom. The molecule has 0 saturated heterocycles. The van der Waals surface area contributed by atoms with E-state index < -0.39 is 0 Å². The first kappa shape index (κ1) is 23.3. The molecule has 0 fully saturated rings. The van der Waals surface area contributed by atoms with E-state index >= 15 is 0 Å². The van der Waals surface area contributed by atoms with E-state index in [0.29, 0.717) is 41.0 Å². The normalized spacial score (nSPS) is 11.0. The molecule has 0 saturated carbocycles. The smallest absolute Gasteiger partial charge is 0.223 e. The van der Waals surface area contributed by atoms with Crippen LogP contribution in [0.4, 0.5) is 10.3 Å². The lowest BCUT2D eigenvalue weighted by atomic mass is 10.1. The summed E-state index contributed by atoms with van der Waals surface area (Å²) in [7, 11) is 3.19. The van der Waals surface area contributed by atoms with Crippen molar-refractivity contribution in [3.05, 3.63) is 90.0 Å². The second-order valence-corrected chi connectivity index (χ2v) is 8.05. The average molecular weight is 486 g/mol. The fourth-order valence-corrected chi connectivity index (χ4v) is 3.99. The number of imidazole rings is 1. The molecule has 5 rings (SSSR count). The van der Waals surface area contributed by atoms with Crippen molar-refractivity contribution in [3.63, 3.8) is 0 Å². The standard InChI is InChI=1S/C27H24FN5O3/c1-35-22-8-3-17(13-23(22)36-2)15-30-27-29-11-9-21(31-27)26-25(19-4-6-20(28)7-5-19)32-24-14-18(16-34)10-12-33(24)26/h3-14,34H,15-16H2,1-2H3,(H,29,30,31). The number of anilines is 1. The van der Waals surface area contributed by atoms with Crippen LogP contribution in [0.25, 0.3) is 28.3 Å². The highest BCUT2D eigenvalue weighted by Crippen LogP contribution is 2.33. The zero-order valence-corrected chi connectivity index (χ0v) is 19.8. The molecule has 0 spiro atoms. The lowest BCUT2D eigenvalue weighted by Gasteiger charge is -2.11. The van der Waals surface area contributed by atoms with Gasteiger partial charge in [-0.1, -0.05) is 6.07 Å². The van der Waals surface area contributed by atoms with Crippen molar-refractivity contribution in [1.29, 1.82) is 0 Å². The summed E-state index contributed by atoms with van der Waals surface area (Å²) in [4.78, 5) is 13.9. The Morgan fingerprint density at radius 2 is 1.72 bits per heavy atom. The largest absolute Gasteiger partial charge is 0.493 e. The molecule has 36 heavy (non-hydrogen) atoms. The molecule has 3 aromatic heterocycles. The van der Waals surface area contributed by atoms with Gasteiger partial charge in [-0.15, -0.1) is 0 Å². The van der Waals surface area contributed by atoms with Gasteiger partial charge in [0.2, 0.25) is 5.95 Å². The van der Waals surface area contributed by atoms with Gasteiger partial charge in [0, 0.05) is 24.5 Å². The second-order valence-electron chi connectivity index (χ2n) is 8.05. The zero-order chi connectivity index (χ0) is 25.1. The monoisotopic (exact) mass is 485 g/mol. The van der Waals surface area contributed by atoms with Gasteiger partial charge in [0.05, 0.1) is 37.9 Å². The Labute approximate surface area is 207 Å². The number of rotatable bonds is 8. The van der Waals surface area contributed by atoms with Crippen LogP contribution in [-0.4, -0.2) is 38.7 Å². The molecule has 0 unspecified atom stereocenters. The van der Waals surface area contributed by atoms with Crippen molar-refractivity contribution in [1.82, 2.24) is 19.4 Å². The molecule has 0 radical (unpaired) electrons. The van der Waals surface area contributed by atoms with Crippen LogP contribution in [0.15, 0.2) is 73.1 Å². The van der Waals surface area contributed by atoms with Crippen LogP contribution in [0, 0.1) is 5.82 Å². The number of nitrogens with one attached hydrogen (secondary N) is 1. The van der Waals surface area contributed by atoms with E-state index in [9.17, 15) is 9.50 Å². The van der Waals surface area contributed by atoms with E-state index in [1.807, 2.05) is 40.9 Å². The lowest BCUT2D eigenvalue weighted by molar-refractivity contribution is 0.282. The summed E-state index contributed by atoms with van der Waals surface area (Å²) >= 11 is 0. The molecule has 2 N–H and O–H groups in total. The third-order valence-corrected chi connectivity index (χ3v) is 5.79. The number of aliphatic hydroxyl groups excluding tert-OH is 1. The van der Waals surface area contributed by atoms with Crippen LogP contribution in [0.2, 0.25) is 0 Å². The van der Waals surface area contributed by atoms with Crippen LogP contribution in [-0.2, 0) is 13.2 Å².